The molecule has 174 valence electrons. The van der Waals surface area contributed by atoms with Crippen LogP contribution >= 0.6 is 15.9 Å². The molecule has 8 nitrogen and oxygen atoms in total. The Morgan fingerprint density at radius 2 is 1.88 bits per heavy atom. The fourth-order valence-corrected chi connectivity index (χ4v) is 4.18. The van der Waals surface area contributed by atoms with Crippen molar-refractivity contribution in [1.29, 1.82) is 0 Å². The number of urea groups is 1. The Morgan fingerprint density at radius 1 is 1.15 bits per heavy atom. The first-order valence-corrected chi connectivity index (χ1v) is 11.2. The van der Waals surface area contributed by atoms with Gasteiger partial charge in [-0.2, -0.15) is 0 Å². The summed E-state index contributed by atoms with van der Waals surface area (Å²) >= 11 is 3.50. The first kappa shape index (κ1) is 24.3. The number of amides is 3. The van der Waals surface area contributed by atoms with Crippen LogP contribution in [0.5, 0.6) is 11.5 Å². The molecular weight excluding hydrogens is 490 g/mol. The predicted molar refractivity (Wildman–Crippen MR) is 127 cm³/mol. The summed E-state index contributed by atoms with van der Waals surface area (Å²) in [5.74, 6) is 0.315. The molecule has 0 saturated heterocycles. The van der Waals surface area contributed by atoms with Crippen molar-refractivity contribution in [2.24, 2.45) is 0 Å². The molecule has 1 unspecified atom stereocenters. The Labute approximate surface area is 200 Å². The summed E-state index contributed by atoms with van der Waals surface area (Å²) in [4.78, 5) is 36.5. The van der Waals surface area contributed by atoms with E-state index in [4.69, 9.17) is 9.47 Å². The van der Waals surface area contributed by atoms with Crippen LogP contribution in [0, 0.1) is 0 Å². The molecule has 0 spiro atoms. The van der Waals surface area contributed by atoms with Gasteiger partial charge >= 0.3 is 6.03 Å². The Hall–Kier alpha value is -3.33. The van der Waals surface area contributed by atoms with E-state index in [1.807, 2.05) is 30.3 Å². The molecule has 1 heterocycles. The van der Waals surface area contributed by atoms with Gasteiger partial charge in [-0.3, -0.25) is 9.59 Å². The Balaban J connectivity index is 1.70. The van der Waals surface area contributed by atoms with Gasteiger partial charge in [0, 0.05) is 22.3 Å². The minimum atomic E-state index is -0.658. The van der Waals surface area contributed by atoms with Crippen molar-refractivity contribution < 1.29 is 23.9 Å². The van der Waals surface area contributed by atoms with E-state index >= 15 is 0 Å². The molecule has 1 atom stereocenters. The topological polar surface area (TPSA) is 106 Å². The molecule has 1 aliphatic heterocycles. The Bertz CT molecular complexity index is 1090. The van der Waals surface area contributed by atoms with Crippen LogP contribution in [0.3, 0.4) is 0 Å². The monoisotopic (exact) mass is 515 g/mol. The molecular formula is C24H26BrN3O5. The van der Waals surface area contributed by atoms with E-state index in [2.05, 4.69) is 31.9 Å². The number of carbonyl (C=O) groups excluding carboxylic acids is 3. The number of ether oxygens (including phenoxy) is 2. The number of carbonyl (C=O) groups is 3. The predicted octanol–water partition coefficient (Wildman–Crippen LogP) is 3.41. The van der Waals surface area contributed by atoms with Crippen molar-refractivity contribution in [1.82, 2.24) is 16.0 Å². The van der Waals surface area contributed by atoms with Gasteiger partial charge in [0.25, 0.3) is 5.91 Å². The Kier molecular flexibility index (Phi) is 8.11. The summed E-state index contributed by atoms with van der Waals surface area (Å²) in [6, 6.07) is 12.2. The van der Waals surface area contributed by atoms with E-state index in [9.17, 15) is 14.4 Å². The fraction of sp³-hybridized carbons (Fsp3) is 0.292. The van der Waals surface area contributed by atoms with Crippen molar-refractivity contribution in [3.05, 3.63) is 69.3 Å². The van der Waals surface area contributed by atoms with Gasteiger partial charge in [0.1, 0.15) is 0 Å². The zero-order chi connectivity index (χ0) is 24.0. The number of Topliss-reactive ketones (excluding diaryl/α,β-unsaturated/α-hetero) is 1. The molecule has 3 amide bonds. The third-order valence-corrected chi connectivity index (χ3v) is 5.87. The van der Waals surface area contributed by atoms with Gasteiger partial charge in [0.05, 0.1) is 13.2 Å². The second kappa shape index (κ2) is 11.0. The SMILES string of the molecule is COc1cc(C2NC(=O)NC(C)=C2C(C)=O)c(Br)cc1OCC(=O)NCCc1ccccc1. The molecule has 9 heteroatoms. The van der Waals surface area contributed by atoms with Crippen molar-refractivity contribution in [2.45, 2.75) is 26.3 Å². The molecule has 0 radical (unpaired) electrons. The van der Waals surface area contributed by atoms with Crippen LogP contribution in [0.2, 0.25) is 0 Å². The third-order valence-electron chi connectivity index (χ3n) is 5.18. The van der Waals surface area contributed by atoms with E-state index in [0.717, 1.165) is 12.0 Å². The fourth-order valence-electron chi connectivity index (χ4n) is 3.62. The number of methoxy groups -OCH3 is 1. The lowest BCUT2D eigenvalue weighted by molar-refractivity contribution is -0.123. The summed E-state index contributed by atoms with van der Waals surface area (Å²) in [6.45, 7) is 3.45. The summed E-state index contributed by atoms with van der Waals surface area (Å²) < 4.78 is 11.7. The lowest BCUT2D eigenvalue weighted by atomic mass is 9.93. The third kappa shape index (κ3) is 6.13. The molecule has 3 N–H and O–H groups in total. The van der Waals surface area contributed by atoms with E-state index < -0.39 is 12.1 Å². The summed E-state index contributed by atoms with van der Waals surface area (Å²) in [5.41, 5.74) is 2.71. The van der Waals surface area contributed by atoms with Crippen molar-refractivity contribution >= 4 is 33.7 Å². The number of benzene rings is 2. The normalized spacial score (nSPS) is 15.4. The van der Waals surface area contributed by atoms with Gasteiger partial charge in [0.2, 0.25) is 0 Å². The minimum Gasteiger partial charge on any atom is -0.493 e. The number of ketones is 1. The van der Waals surface area contributed by atoms with Crippen LogP contribution in [0.1, 0.15) is 31.0 Å². The first-order chi connectivity index (χ1) is 15.8. The van der Waals surface area contributed by atoms with Crippen LogP contribution in [0.25, 0.3) is 0 Å². The summed E-state index contributed by atoms with van der Waals surface area (Å²) in [5, 5.41) is 8.23. The number of nitrogens with one attached hydrogen (secondary N) is 3. The van der Waals surface area contributed by atoms with Crippen molar-refractivity contribution in [3.63, 3.8) is 0 Å². The number of halogens is 1. The molecule has 2 aromatic rings. The molecule has 0 bridgehead atoms. The van der Waals surface area contributed by atoms with Gasteiger partial charge < -0.3 is 25.4 Å². The highest BCUT2D eigenvalue weighted by Gasteiger charge is 2.31. The smallest absolute Gasteiger partial charge is 0.319 e. The van der Waals surface area contributed by atoms with Gasteiger partial charge in [-0.1, -0.05) is 46.3 Å². The van der Waals surface area contributed by atoms with Gasteiger partial charge in [0.15, 0.2) is 23.9 Å². The second-order valence-electron chi connectivity index (χ2n) is 7.53. The van der Waals surface area contributed by atoms with Crippen molar-refractivity contribution in [2.75, 3.05) is 20.3 Å². The van der Waals surface area contributed by atoms with E-state index in [1.165, 1.54) is 14.0 Å². The van der Waals surface area contributed by atoms with Gasteiger partial charge in [-0.15, -0.1) is 0 Å². The second-order valence-corrected chi connectivity index (χ2v) is 8.38. The Morgan fingerprint density at radius 3 is 2.55 bits per heavy atom. The molecule has 0 aliphatic carbocycles. The maximum Gasteiger partial charge on any atom is 0.319 e. The number of hydrogen-bond donors (Lipinski definition) is 3. The highest BCUT2D eigenvalue weighted by Crippen LogP contribution is 2.39. The van der Waals surface area contributed by atoms with Crippen molar-refractivity contribution in [3.8, 4) is 11.5 Å². The highest BCUT2D eigenvalue weighted by atomic mass is 79.9. The zero-order valence-corrected chi connectivity index (χ0v) is 20.2. The van der Waals surface area contributed by atoms with Crippen LogP contribution in [-0.4, -0.2) is 38.0 Å². The number of allylic oxidation sites excluding steroid dienone is 1. The lowest BCUT2D eigenvalue weighted by Gasteiger charge is -2.29. The van der Waals surface area contributed by atoms with Gasteiger partial charge in [-0.25, -0.2) is 4.79 Å². The lowest BCUT2D eigenvalue weighted by Crippen LogP contribution is -2.44. The first-order valence-electron chi connectivity index (χ1n) is 10.4. The van der Waals surface area contributed by atoms with Crippen LogP contribution in [0.15, 0.2) is 58.2 Å². The average molecular weight is 516 g/mol. The van der Waals surface area contributed by atoms with Crippen LogP contribution in [0.4, 0.5) is 4.79 Å². The summed E-state index contributed by atoms with van der Waals surface area (Å²) in [7, 11) is 1.48. The van der Waals surface area contributed by atoms with E-state index in [-0.39, 0.29) is 18.3 Å². The largest absolute Gasteiger partial charge is 0.493 e. The van der Waals surface area contributed by atoms with E-state index in [1.54, 1.807) is 19.1 Å². The maximum absolute atomic E-state index is 12.2. The standard InChI is InChI=1S/C24H26BrN3O5/c1-14-22(15(2)29)23(28-24(31)27-14)17-11-19(32-3)20(12-18(17)25)33-13-21(30)26-10-9-16-7-5-4-6-8-16/h4-8,11-12,23H,9-10,13H2,1-3H3,(H,26,30)(H2,27,28,31). The number of rotatable bonds is 9. The van der Waals surface area contributed by atoms with Crippen LogP contribution < -0.4 is 25.4 Å². The molecule has 0 saturated carbocycles. The van der Waals surface area contributed by atoms with Crippen LogP contribution in [-0.2, 0) is 16.0 Å². The van der Waals surface area contributed by atoms with E-state index in [0.29, 0.717) is 39.4 Å². The zero-order valence-electron chi connectivity index (χ0n) is 18.7. The molecule has 0 fully saturated rings. The molecule has 3 rings (SSSR count). The average Bonchev–Trinajstić information content (AvgIpc) is 2.77. The molecule has 33 heavy (non-hydrogen) atoms. The maximum atomic E-state index is 12.2. The molecule has 1 aliphatic rings. The minimum absolute atomic E-state index is 0.164. The quantitative estimate of drug-likeness (QED) is 0.474. The molecule has 2 aromatic carbocycles. The molecule has 0 aromatic heterocycles. The summed E-state index contributed by atoms with van der Waals surface area (Å²) in [6.07, 6.45) is 0.726. The highest BCUT2D eigenvalue weighted by molar-refractivity contribution is 9.10. The number of hydrogen-bond acceptors (Lipinski definition) is 5. The van der Waals surface area contributed by atoms with Gasteiger partial charge in [-0.05, 0) is 43.5 Å².